The van der Waals surface area contributed by atoms with E-state index in [0.29, 0.717) is 18.9 Å². The Morgan fingerprint density at radius 3 is 2.77 bits per heavy atom. The topological polar surface area (TPSA) is 20.3 Å². The van der Waals surface area contributed by atoms with Crippen molar-refractivity contribution in [2.24, 2.45) is 5.92 Å². The molecular formula is C10H14BrNO. The van der Waals surface area contributed by atoms with E-state index in [9.17, 15) is 4.79 Å². The lowest BCUT2D eigenvalue weighted by Gasteiger charge is -2.19. The molecule has 1 fully saturated rings. The normalized spacial score (nSPS) is 15.1. The van der Waals surface area contributed by atoms with Gasteiger partial charge in [-0.3, -0.25) is 4.79 Å². The SMILES string of the molecule is C#CCN(CC1CC1)C(=O)CCBr. The molecule has 1 aliphatic carbocycles. The van der Waals surface area contributed by atoms with E-state index in [1.807, 2.05) is 0 Å². The summed E-state index contributed by atoms with van der Waals surface area (Å²) in [5, 5.41) is 0.720. The summed E-state index contributed by atoms with van der Waals surface area (Å²) in [7, 11) is 0. The molecule has 1 amide bonds. The van der Waals surface area contributed by atoms with Crippen LogP contribution < -0.4 is 0 Å². The zero-order valence-corrected chi connectivity index (χ0v) is 9.22. The Bertz CT molecular complexity index is 217. The molecule has 1 saturated carbocycles. The molecule has 0 aromatic carbocycles. The number of halogens is 1. The number of carbonyl (C=O) groups is 1. The van der Waals surface area contributed by atoms with Gasteiger partial charge in [0.1, 0.15) is 0 Å². The van der Waals surface area contributed by atoms with Crippen molar-refractivity contribution >= 4 is 21.8 Å². The van der Waals surface area contributed by atoms with Crippen LogP contribution in [0.25, 0.3) is 0 Å². The molecular weight excluding hydrogens is 230 g/mol. The average molecular weight is 244 g/mol. The Labute approximate surface area is 87.8 Å². The van der Waals surface area contributed by atoms with Gasteiger partial charge in [-0.25, -0.2) is 0 Å². The van der Waals surface area contributed by atoms with Crippen LogP contribution in [0.5, 0.6) is 0 Å². The highest BCUT2D eigenvalue weighted by molar-refractivity contribution is 9.09. The summed E-state index contributed by atoms with van der Waals surface area (Å²) in [6.07, 6.45) is 8.26. The van der Waals surface area contributed by atoms with Crippen molar-refractivity contribution in [2.45, 2.75) is 19.3 Å². The van der Waals surface area contributed by atoms with Gasteiger partial charge < -0.3 is 4.90 Å². The standard InChI is InChI=1S/C10H14BrNO/c1-2-7-12(8-9-3-4-9)10(13)5-6-11/h1,9H,3-8H2. The third kappa shape index (κ3) is 3.82. The molecule has 13 heavy (non-hydrogen) atoms. The number of alkyl halides is 1. The van der Waals surface area contributed by atoms with Gasteiger partial charge in [-0.2, -0.15) is 0 Å². The molecule has 1 rings (SSSR count). The first-order chi connectivity index (χ1) is 6.27. The highest BCUT2D eigenvalue weighted by Gasteiger charge is 2.25. The summed E-state index contributed by atoms with van der Waals surface area (Å²) in [4.78, 5) is 13.3. The Kier molecular flexibility index (Phi) is 4.31. The van der Waals surface area contributed by atoms with Crippen molar-refractivity contribution in [2.75, 3.05) is 18.4 Å². The van der Waals surface area contributed by atoms with Crippen molar-refractivity contribution < 1.29 is 4.79 Å². The Hall–Kier alpha value is -0.490. The van der Waals surface area contributed by atoms with Crippen molar-refractivity contribution in [1.29, 1.82) is 0 Å². The monoisotopic (exact) mass is 243 g/mol. The summed E-state index contributed by atoms with van der Waals surface area (Å²) >= 11 is 3.25. The summed E-state index contributed by atoms with van der Waals surface area (Å²) in [6.45, 7) is 1.32. The van der Waals surface area contributed by atoms with Gasteiger partial charge in [-0.1, -0.05) is 21.9 Å². The molecule has 2 nitrogen and oxygen atoms in total. The highest BCUT2D eigenvalue weighted by Crippen LogP contribution is 2.29. The Morgan fingerprint density at radius 2 is 2.31 bits per heavy atom. The van der Waals surface area contributed by atoms with Crippen molar-refractivity contribution in [3.63, 3.8) is 0 Å². The number of rotatable bonds is 5. The van der Waals surface area contributed by atoms with E-state index in [2.05, 4.69) is 21.9 Å². The number of hydrogen-bond acceptors (Lipinski definition) is 1. The summed E-state index contributed by atoms with van der Waals surface area (Å²) < 4.78 is 0. The third-order valence-corrected chi connectivity index (χ3v) is 2.52. The lowest BCUT2D eigenvalue weighted by atomic mass is 10.3. The predicted molar refractivity (Wildman–Crippen MR) is 56.5 cm³/mol. The summed E-state index contributed by atoms with van der Waals surface area (Å²) in [6, 6.07) is 0. The minimum atomic E-state index is 0.168. The van der Waals surface area contributed by atoms with E-state index in [1.165, 1.54) is 12.8 Å². The first-order valence-electron chi connectivity index (χ1n) is 4.55. The van der Waals surface area contributed by atoms with Crippen LogP contribution in [0.15, 0.2) is 0 Å². The van der Waals surface area contributed by atoms with Crippen LogP contribution in [0, 0.1) is 18.3 Å². The molecule has 0 aromatic heterocycles. The largest absolute Gasteiger partial charge is 0.331 e. The molecule has 1 aliphatic rings. The van der Waals surface area contributed by atoms with E-state index in [4.69, 9.17) is 6.42 Å². The molecule has 0 heterocycles. The zero-order chi connectivity index (χ0) is 9.68. The quantitative estimate of drug-likeness (QED) is 0.532. The van der Waals surface area contributed by atoms with Crippen LogP contribution in [-0.2, 0) is 4.79 Å². The van der Waals surface area contributed by atoms with Gasteiger partial charge in [0, 0.05) is 18.3 Å². The van der Waals surface area contributed by atoms with Crippen molar-refractivity contribution in [3.05, 3.63) is 0 Å². The van der Waals surface area contributed by atoms with Crippen LogP contribution in [-0.4, -0.2) is 29.2 Å². The molecule has 0 aliphatic heterocycles. The van der Waals surface area contributed by atoms with E-state index < -0.39 is 0 Å². The number of amides is 1. The number of nitrogens with zero attached hydrogens (tertiary/aromatic N) is 1. The zero-order valence-electron chi connectivity index (χ0n) is 7.63. The maximum atomic E-state index is 11.5. The van der Waals surface area contributed by atoms with Crippen LogP contribution in [0.2, 0.25) is 0 Å². The minimum absolute atomic E-state index is 0.168. The molecule has 0 bridgehead atoms. The first-order valence-corrected chi connectivity index (χ1v) is 5.67. The first kappa shape index (κ1) is 10.6. The molecule has 0 radical (unpaired) electrons. The fraction of sp³-hybridized carbons (Fsp3) is 0.700. The van der Waals surface area contributed by atoms with Gasteiger partial charge in [-0.15, -0.1) is 6.42 Å². The van der Waals surface area contributed by atoms with E-state index in [1.54, 1.807) is 4.90 Å². The minimum Gasteiger partial charge on any atom is -0.331 e. The molecule has 0 N–H and O–H groups in total. The third-order valence-electron chi connectivity index (χ3n) is 2.12. The van der Waals surface area contributed by atoms with Gasteiger partial charge >= 0.3 is 0 Å². The van der Waals surface area contributed by atoms with Crippen LogP contribution in [0.3, 0.4) is 0 Å². The van der Waals surface area contributed by atoms with Crippen molar-refractivity contribution in [1.82, 2.24) is 4.90 Å². The van der Waals surface area contributed by atoms with Crippen LogP contribution >= 0.6 is 15.9 Å². The Balaban J connectivity index is 2.35. The van der Waals surface area contributed by atoms with Crippen LogP contribution in [0.4, 0.5) is 0 Å². The predicted octanol–water partition coefficient (Wildman–Crippen LogP) is 1.64. The molecule has 3 heteroatoms. The average Bonchev–Trinajstić information content (AvgIpc) is 2.88. The van der Waals surface area contributed by atoms with E-state index >= 15 is 0 Å². The second kappa shape index (κ2) is 5.29. The lowest BCUT2D eigenvalue weighted by Crippen LogP contribution is -2.33. The molecule has 0 spiro atoms. The number of terminal acetylenes is 1. The fourth-order valence-corrected chi connectivity index (χ4v) is 1.55. The molecule has 0 saturated heterocycles. The fourth-order valence-electron chi connectivity index (χ4n) is 1.22. The summed E-state index contributed by atoms with van der Waals surface area (Å²) in [5.74, 6) is 3.41. The summed E-state index contributed by atoms with van der Waals surface area (Å²) in [5.41, 5.74) is 0. The maximum absolute atomic E-state index is 11.5. The van der Waals surface area contributed by atoms with Gasteiger partial charge in [0.25, 0.3) is 0 Å². The maximum Gasteiger partial charge on any atom is 0.224 e. The van der Waals surface area contributed by atoms with Gasteiger partial charge in [-0.05, 0) is 18.8 Å². The number of carbonyl (C=O) groups excluding carboxylic acids is 1. The molecule has 0 aromatic rings. The Morgan fingerprint density at radius 1 is 1.62 bits per heavy atom. The lowest BCUT2D eigenvalue weighted by molar-refractivity contribution is -0.130. The van der Waals surface area contributed by atoms with Crippen molar-refractivity contribution in [3.8, 4) is 12.3 Å². The molecule has 0 unspecified atom stereocenters. The highest BCUT2D eigenvalue weighted by atomic mass is 79.9. The molecule has 0 atom stereocenters. The van der Waals surface area contributed by atoms with Gasteiger partial charge in [0.15, 0.2) is 0 Å². The second-order valence-corrected chi connectivity index (χ2v) is 4.15. The van der Waals surface area contributed by atoms with Gasteiger partial charge in [0.05, 0.1) is 6.54 Å². The molecule has 72 valence electrons. The van der Waals surface area contributed by atoms with Gasteiger partial charge in [0.2, 0.25) is 5.91 Å². The second-order valence-electron chi connectivity index (χ2n) is 3.36. The van der Waals surface area contributed by atoms with E-state index in [0.717, 1.165) is 11.9 Å². The van der Waals surface area contributed by atoms with Crippen LogP contribution in [0.1, 0.15) is 19.3 Å². The smallest absolute Gasteiger partial charge is 0.224 e. The number of hydrogen-bond donors (Lipinski definition) is 0. The van der Waals surface area contributed by atoms with E-state index in [-0.39, 0.29) is 5.91 Å².